The highest BCUT2D eigenvalue weighted by atomic mass is 14.9. The second-order valence-corrected chi connectivity index (χ2v) is 4.56. The molecular formula is C15H16N2. The number of rotatable bonds is 3. The number of nitrogens with zero attached hydrogens (tertiary/aromatic N) is 1. The van der Waals surface area contributed by atoms with Gasteiger partial charge in [-0.3, -0.25) is 4.98 Å². The molecule has 86 valence electrons. The van der Waals surface area contributed by atoms with Crippen molar-refractivity contribution in [3.05, 3.63) is 54.2 Å². The van der Waals surface area contributed by atoms with Crippen LogP contribution in [-0.2, 0) is 6.54 Å². The van der Waals surface area contributed by atoms with Crippen molar-refractivity contribution in [2.24, 2.45) is 0 Å². The molecule has 1 aromatic carbocycles. The van der Waals surface area contributed by atoms with E-state index in [0.29, 0.717) is 6.04 Å². The first kappa shape index (κ1) is 10.5. The Morgan fingerprint density at radius 1 is 1.18 bits per heavy atom. The molecule has 3 rings (SSSR count). The van der Waals surface area contributed by atoms with E-state index in [9.17, 15) is 0 Å². The van der Waals surface area contributed by atoms with Crippen molar-refractivity contribution in [1.82, 2.24) is 10.3 Å². The number of nitrogens with one attached hydrogen (secondary N) is 1. The van der Waals surface area contributed by atoms with Crippen molar-refractivity contribution < 1.29 is 0 Å². The van der Waals surface area contributed by atoms with Crippen LogP contribution in [-0.4, -0.2) is 11.0 Å². The third-order valence-electron chi connectivity index (χ3n) is 3.25. The molecule has 1 aromatic heterocycles. The molecule has 17 heavy (non-hydrogen) atoms. The lowest BCUT2D eigenvalue weighted by atomic mass is 10.1. The van der Waals surface area contributed by atoms with Crippen LogP contribution < -0.4 is 5.32 Å². The maximum atomic E-state index is 4.47. The summed E-state index contributed by atoms with van der Waals surface area (Å²) in [5.41, 5.74) is 2.33. The highest BCUT2D eigenvalue weighted by molar-refractivity contribution is 5.78. The Bertz CT molecular complexity index is 537. The zero-order valence-corrected chi connectivity index (χ0v) is 9.76. The zero-order chi connectivity index (χ0) is 11.5. The Morgan fingerprint density at radius 3 is 2.88 bits per heavy atom. The fourth-order valence-corrected chi connectivity index (χ4v) is 2.26. The third-order valence-corrected chi connectivity index (χ3v) is 3.25. The van der Waals surface area contributed by atoms with Crippen LogP contribution in [0.3, 0.4) is 0 Å². The molecule has 2 nitrogen and oxygen atoms in total. The molecular weight excluding hydrogens is 208 g/mol. The van der Waals surface area contributed by atoms with Gasteiger partial charge in [-0.2, -0.15) is 0 Å². The van der Waals surface area contributed by atoms with Crippen LogP contribution in [0.25, 0.3) is 10.9 Å². The van der Waals surface area contributed by atoms with Crippen LogP contribution >= 0.6 is 0 Å². The summed E-state index contributed by atoms with van der Waals surface area (Å²) in [6, 6.07) is 11.1. The molecule has 2 heteroatoms. The lowest BCUT2D eigenvalue weighted by molar-refractivity contribution is 0.538. The molecule has 2 aromatic rings. The normalized spacial score (nSPS) is 15.8. The molecule has 1 N–H and O–H groups in total. The predicted molar refractivity (Wildman–Crippen MR) is 70.7 cm³/mol. The van der Waals surface area contributed by atoms with Crippen molar-refractivity contribution in [2.45, 2.75) is 25.4 Å². The van der Waals surface area contributed by atoms with Gasteiger partial charge in [-0.05, 0) is 30.5 Å². The molecule has 0 unspecified atom stereocenters. The van der Waals surface area contributed by atoms with E-state index in [4.69, 9.17) is 0 Å². The molecule has 0 saturated carbocycles. The third kappa shape index (κ3) is 2.37. The average molecular weight is 224 g/mol. The summed E-state index contributed by atoms with van der Waals surface area (Å²) in [4.78, 5) is 4.47. The average Bonchev–Trinajstić information content (AvgIpc) is 2.89. The second-order valence-electron chi connectivity index (χ2n) is 4.56. The van der Waals surface area contributed by atoms with E-state index in [1.54, 1.807) is 0 Å². The lowest BCUT2D eigenvalue weighted by Gasteiger charge is -2.11. The van der Waals surface area contributed by atoms with Crippen LogP contribution in [0.2, 0.25) is 0 Å². The molecule has 1 heterocycles. The van der Waals surface area contributed by atoms with Gasteiger partial charge in [0, 0.05) is 24.2 Å². The van der Waals surface area contributed by atoms with Gasteiger partial charge in [-0.25, -0.2) is 0 Å². The topological polar surface area (TPSA) is 24.9 Å². The van der Waals surface area contributed by atoms with E-state index in [-0.39, 0.29) is 0 Å². The highest BCUT2D eigenvalue weighted by Crippen LogP contribution is 2.14. The van der Waals surface area contributed by atoms with Crippen LogP contribution in [0.5, 0.6) is 0 Å². The van der Waals surface area contributed by atoms with Crippen molar-refractivity contribution in [2.75, 3.05) is 0 Å². The molecule has 0 spiro atoms. The molecule has 1 aliphatic carbocycles. The molecule has 0 aliphatic heterocycles. The first-order valence-electron chi connectivity index (χ1n) is 6.14. The van der Waals surface area contributed by atoms with Gasteiger partial charge in [-0.1, -0.05) is 30.4 Å². The Balaban J connectivity index is 1.72. The van der Waals surface area contributed by atoms with E-state index >= 15 is 0 Å². The standard InChI is InChI=1S/C15H16N2/c1-4-8-15-13(5-1)9-12(11-17-15)10-16-14-6-2-3-7-14/h1-5,8-9,11,14,16H,6-7,10H2. The molecule has 0 atom stereocenters. The number of para-hydroxylation sites is 1. The van der Waals surface area contributed by atoms with Gasteiger partial charge < -0.3 is 5.32 Å². The van der Waals surface area contributed by atoms with Crippen LogP contribution in [0, 0.1) is 0 Å². The Hall–Kier alpha value is -1.67. The minimum Gasteiger partial charge on any atom is -0.309 e. The molecule has 0 saturated heterocycles. The summed E-state index contributed by atoms with van der Waals surface area (Å²) in [5.74, 6) is 0. The van der Waals surface area contributed by atoms with E-state index in [2.05, 4.69) is 40.7 Å². The number of hydrogen-bond acceptors (Lipinski definition) is 2. The van der Waals surface area contributed by atoms with E-state index < -0.39 is 0 Å². The zero-order valence-electron chi connectivity index (χ0n) is 9.76. The molecule has 0 bridgehead atoms. The van der Waals surface area contributed by atoms with Crippen molar-refractivity contribution in [1.29, 1.82) is 0 Å². The summed E-state index contributed by atoms with van der Waals surface area (Å²) in [7, 11) is 0. The summed E-state index contributed by atoms with van der Waals surface area (Å²) in [6.07, 6.45) is 8.77. The largest absolute Gasteiger partial charge is 0.309 e. The maximum Gasteiger partial charge on any atom is 0.0702 e. The SMILES string of the molecule is C1=CCC(NCc2cnc3ccccc3c2)C1. The molecule has 0 radical (unpaired) electrons. The quantitative estimate of drug-likeness (QED) is 0.810. The van der Waals surface area contributed by atoms with Crippen LogP contribution in [0.1, 0.15) is 18.4 Å². The Kier molecular flexibility index (Phi) is 2.88. The summed E-state index contributed by atoms with van der Waals surface area (Å²) in [6.45, 7) is 0.907. The minimum absolute atomic E-state index is 0.612. The molecule has 0 fully saturated rings. The van der Waals surface area contributed by atoms with Gasteiger partial charge in [0.2, 0.25) is 0 Å². The minimum atomic E-state index is 0.612. The molecule has 1 aliphatic rings. The second kappa shape index (κ2) is 4.68. The maximum absolute atomic E-state index is 4.47. The first-order chi connectivity index (χ1) is 8.42. The smallest absolute Gasteiger partial charge is 0.0702 e. The Labute approximate surface area is 101 Å². The van der Waals surface area contributed by atoms with Crippen LogP contribution in [0.4, 0.5) is 0 Å². The van der Waals surface area contributed by atoms with Gasteiger partial charge >= 0.3 is 0 Å². The van der Waals surface area contributed by atoms with Gasteiger partial charge in [0.25, 0.3) is 0 Å². The van der Waals surface area contributed by atoms with E-state index in [0.717, 1.165) is 24.9 Å². The van der Waals surface area contributed by atoms with Crippen molar-refractivity contribution >= 4 is 10.9 Å². The van der Waals surface area contributed by atoms with Crippen LogP contribution in [0.15, 0.2) is 48.7 Å². The van der Waals surface area contributed by atoms with Gasteiger partial charge in [0.15, 0.2) is 0 Å². The van der Waals surface area contributed by atoms with Gasteiger partial charge in [0.05, 0.1) is 5.52 Å². The van der Waals surface area contributed by atoms with Crippen molar-refractivity contribution in [3.63, 3.8) is 0 Å². The number of benzene rings is 1. The lowest BCUT2D eigenvalue weighted by Crippen LogP contribution is -2.25. The highest BCUT2D eigenvalue weighted by Gasteiger charge is 2.08. The summed E-state index contributed by atoms with van der Waals surface area (Å²) in [5, 5.41) is 4.78. The molecule has 0 amide bonds. The fourth-order valence-electron chi connectivity index (χ4n) is 2.26. The summed E-state index contributed by atoms with van der Waals surface area (Å²) >= 11 is 0. The number of fused-ring (bicyclic) bond motifs is 1. The number of aromatic nitrogens is 1. The summed E-state index contributed by atoms with van der Waals surface area (Å²) < 4.78 is 0. The first-order valence-corrected chi connectivity index (χ1v) is 6.14. The fraction of sp³-hybridized carbons (Fsp3) is 0.267. The van der Waals surface area contributed by atoms with Gasteiger partial charge in [0.1, 0.15) is 0 Å². The predicted octanol–water partition coefficient (Wildman–Crippen LogP) is 3.04. The van der Waals surface area contributed by atoms with Crippen molar-refractivity contribution in [3.8, 4) is 0 Å². The number of hydrogen-bond donors (Lipinski definition) is 1. The Morgan fingerprint density at radius 2 is 2.00 bits per heavy atom. The van der Waals surface area contributed by atoms with Gasteiger partial charge in [-0.15, -0.1) is 0 Å². The van der Waals surface area contributed by atoms with E-state index in [1.807, 2.05) is 18.3 Å². The monoisotopic (exact) mass is 224 g/mol. The van der Waals surface area contributed by atoms with E-state index in [1.165, 1.54) is 10.9 Å². The number of pyridine rings is 1.